The normalized spacial score (nSPS) is 12.2. The molecule has 0 aromatic heterocycles. The van der Waals surface area contributed by atoms with Gasteiger partial charge in [0, 0.05) is 24.0 Å². The highest BCUT2D eigenvalue weighted by atomic mass is 16.3. The van der Waals surface area contributed by atoms with Gasteiger partial charge in [0.2, 0.25) is 0 Å². The maximum absolute atomic E-state index is 10.2. The predicted molar refractivity (Wildman–Crippen MR) is 85.7 cm³/mol. The van der Waals surface area contributed by atoms with Crippen molar-refractivity contribution in [2.75, 3.05) is 11.9 Å². The summed E-state index contributed by atoms with van der Waals surface area (Å²) < 4.78 is 0. The predicted octanol–water partition coefficient (Wildman–Crippen LogP) is 4.51. The van der Waals surface area contributed by atoms with Gasteiger partial charge in [-0.25, -0.2) is 0 Å². The lowest BCUT2D eigenvalue weighted by molar-refractivity contribution is 0.174. The molecule has 2 nitrogen and oxygen atoms in total. The highest BCUT2D eigenvalue weighted by molar-refractivity contribution is 5.67. The monoisotopic (exact) mass is 269 g/mol. The van der Waals surface area contributed by atoms with Crippen molar-refractivity contribution in [3.63, 3.8) is 0 Å². The molecule has 0 radical (unpaired) electrons. The average molecular weight is 269 g/mol. The third-order valence-electron chi connectivity index (χ3n) is 3.64. The summed E-state index contributed by atoms with van der Waals surface area (Å²) in [6.07, 6.45) is 0.303. The molecule has 0 aliphatic carbocycles. The van der Waals surface area contributed by atoms with Crippen LogP contribution in [0.4, 0.5) is 11.4 Å². The molecule has 0 saturated heterocycles. The molecule has 0 saturated carbocycles. The molecule has 20 heavy (non-hydrogen) atoms. The van der Waals surface area contributed by atoms with Gasteiger partial charge in [0.15, 0.2) is 0 Å². The van der Waals surface area contributed by atoms with E-state index in [0.29, 0.717) is 0 Å². The van der Waals surface area contributed by atoms with Gasteiger partial charge in [-0.15, -0.1) is 0 Å². The number of anilines is 2. The summed E-state index contributed by atoms with van der Waals surface area (Å²) in [6.45, 7) is 6.21. The molecule has 0 aliphatic heterocycles. The molecule has 2 heteroatoms. The van der Waals surface area contributed by atoms with Gasteiger partial charge >= 0.3 is 0 Å². The van der Waals surface area contributed by atoms with Crippen LogP contribution in [0.5, 0.6) is 0 Å². The largest absolute Gasteiger partial charge is 0.388 e. The molecule has 2 rings (SSSR count). The zero-order valence-corrected chi connectivity index (χ0v) is 12.7. The zero-order chi connectivity index (χ0) is 14.7. The maximum Gasteiger partial charge on any atom is 0.0807 e. The minimum Gasteiger partial charge on any atom is -0.388 e. The topological polar surface area (TPSA) is 23.5 Å². The molecular formula is C18H23NO. The Hall–Kier alpha value is -1.80. The van der Waals surface area contributed by atoms with Crippen molar-refractivity contribution >= 4 is 11.4 Å². The number of hydrogen-bond donors (Lipinski definition) is 1. The fourth-order valence-corrected chi connectivity index (χ4v) is 2.58. The SMILES string of the molecule is CC[C@H](O)c1ccccc1N(C)c1cc(C)cc(C)c1. The van der Waals surface area contributed by atoms with E-state index >= 15 is 0 Å². The summed E-state index contributed by atoms with van der Waals surface area (Å²) in [4.78, 5) is 2.15. The highest BCUT2D eigenvalue weighted by Gasteiger charge is 2.14. The fourth-order valence-electron chi connectivity index (χ4n) is 2.58. The Morgan fingerprint density at radius 2 is 1.65 bits per heavy atom. The van der Waals surface area contributed by atoms with Gasteiger partial charge in [0.1, 0.15) is 0 Å². The summed E-state index contributed by atoms with van der Waals surface area (Å²) in [5.74, 6) is 0. The first-order valence-corrected chi connectivity index (χ1v) is 7.12. The Morgan fingerprint density at radius 1 is 1.05 bits per heavy atom. The van der Waals surface area contributed by atoms with E-state index in [0.717, 1.165) is 23.4 Å². The molecule has 0 amide bonds. The van der Waals surface area contributed by atoms with Gasteiger partial charge in [-0.2, -0.15) is 0 Å². The number of para-hydroxylation sites is 1. The van der Waals surface area contributed by atoms with E-state index in [-0.39, 0.29) is 0 Å². The van der Waals surface area contributed by atoms with E-state index in [1.807, 2.05) is 25.1 Å². The number of aryl methyl sites for hydroxylation is 2. The van der Waals surface area contributed by atoms with Crippen molar-refractivity contribution in [2.24, 2.45) is 0 Å². The van der Waals surface area contributed by atoms with Crippen LogP contribution < -0.4 is 4.90 Å². The smallest absolute Gasteiger partial charge is 0.0807 e. The third-order valence-corrected chi connectivity index (χ3v) is 3.64. The summed E-state index contributed by atoms with van der Waals surface area (Å²) in [5, 5.41) is 10.2. The fraction of sp³-hybridized carbons (Fsp3) is 0.333. The average Bonchev–Trinajstić information content (AvgIpc) is 2.44. The van der Waals surface area contributed by atoms with Crippen LogP contribution in [-0.2, 0) is 0 Å². The molecular weight excluding hydrogens is 246 g/mol. The molecule has 106 valence electrons. The van der Waals surface area contributed by atoms with Crippen LogP contribution in [0.3, 0.4) is 0 Å². The number of rotatable bonds is 4. The Kier molecular flexibility index (Phi) is 4.46. The van der Waals surface area contributed by atoms with E-state index in [1.54, 1.807) is 0 Å². The lowest BCUT2D eigenvalue weighted by atomic mass is 10.0. The molecule has 1 atom stereocenters. The Balaban J connectivity index is 2.45. The van der Waals surface area contributed by atoms with Crippen molar-refractivity contribution in [1.29, 1.82) is 0 Å². The molecule has 0 spiro atoms. The van der Waals surface area contributed by atoms with Crippen LogP contribution in [0.25, 0.3) is 0 Å². The van der Waals surface area contributed by atoms with E-state index in [4.69, 9.17) is 0 Å². The first-order valence-electron chi connectivity index (χ1n) is 7.12. The van der Waals surface area contributed by atoms with E-state index in [9.17, 15) is 5.11 Å². The summed E-state index contributed by atoms with van der Waals surface area (Å²) >= 11 is 0. The second-order valence-electron chi connectivity index (χ2n) is 5.39. The van der Waals surface area contributed by atoms with Crippen molar-refractivity contribution in [1.82, 2.24) is 0 Å². The molecule has 0 fully saturated rings. The Morgan fingerprint density at radius 3 is 2.25 bits per heavy atom. The number of aliphatic hydroxyl groups excluding tert-OH is 1. The first kappa shape index (κ1) is 14.6. The maximum atomic E-state index is 10.2. The zero-order valence-electron chi connectivity index (χ0n) is 12.7. The van der Waals surface area contributed by atoms with Crippen LogP contribution >= 0.6 is 0 Å². The lowest BCUT2D eigenvalue weighted by Crippen LogP contribution is -2.13. The van der Waals surface area contributed by atoms with Crippen molar-refractivity contribution in [3.05, 3.63) is 59.2 Å². The standard InChI is InChI=1S/C18H23NO/c1-5-18(20)16-8-6-7-9-17(16)19(4)15-11-13(2)10-14(3)12-15/h6-12,18,20H,5H2,1-4H3/t18-/m0/s1. The van der Waals surface area contributed by atoms with Crippen molar-refractivity contribution in [3.8, 4) is 0 Å². The quantitative estimate of drug-likeness (QED) is 0.882. The lowest BCUT2D eigenvalue weighted by Gasteiger charge is -2.25. The van der Waals surface area contributed by atoms with Crippen LogP contribution in [0.2, 0.25) is 0 Å². The van der Waals surface area contributed by atoms with E-state index in [1.165, 1.54) is 11.1 Å². The number of benzene rings is 2. The van der Waals surface area contributed by atoms with Gasteiger partial charge in [0.25, 0.3) is 0 Å². The number of nitrogens with zero attached hydrogens (tertiary/aromatic N) is 1. The van der Waals surface area contributed by atoms with Crippen molar-refractivity contribution < 1.29 is 5.11 Å². The summed E-state index contributed by atoms with van der Waals surface area (Å²) in [7, 11) is 2.05. The molecule has 0 aliphatic rings. The molecule has 2 aromatic rings. The second-order valence-corrected chi connectivity index (χ2v) is 5.39. The van der Waals surface area contributed by atoms with Crippen molar-refractivity contribution in [2.45, 2.75) is 33.3 Å². The molecule has 0 unspecified atom stereocenters. The molecule has 0 bridgehead atoms. The Labute approximate surface area is 121 Å². The van der Waals surface area contributed by atoms with Crippen LogP contribution in [0.15, 0.2) is 42.5 Å². The molecule has 1 N–H and O–H groups in total. The second kappa shape index (κ2) is 6.10. The van der Waals surface area contributed by atoms with Gasteiger partial charge in [0.05, 0.1) is 6.10 Å². The summed E-state index contributed by atoms with van der Waals surface area (Å²) in [5.41, 5.74) is 5.70. The number of hydrogen-bond acceptors (Lipinski definition) is 2. The van der Waals surface area contributed by atoms with Crippen LogP contribution in [0, 0.1) is 13.8 Å². The van der Waals surface area contributed by atoms with Gasteiger partial charge < -0.3 is 10.0 Å². The van der Waals surface area contributed by atoms with Gasteiger partial charge in [-0.3, -0.25) is 0 Å². The van der Waals surface area contributed by atoms with Crippen LogP contribution in [0.1, 0.15) is 36.1 Å². The first-order chi connectivity index (χ1) is 9.52. The minimum absolute atomic E-state index is 0.417. The minimum atomic E-state index is -0.417. The Bertz CT molecular complexity index is 571. The van der Waals surface area contributed by atoms with Gasteiger partial charge in [-0.1, -0.05) is 31.2 Å². The number of aliphatic hydroxyl groups is 1. The summed E-state index contributed by atoms with van der Waals surface area (Å²) in [6, 6.07) is 14.6. The highest BCUT2D eigenvalue weighted by Crippen LogP contribution is 2.32. The van der Waals surface area contributed by atoms with Crippen LogP contribution in [-0.4, -0.2) is 12.2 Å². The van der Waals surface area contributed by atoms with E-state index in [2.05, 4.69) is 50.1 Å². The third kappa shape index (κ3) is 3.02. The van der Waals surface area contributed by atoms with Gasteiger partial charge in [-0.05, 0) is 49.6 Å². The molecule has 0 heterocycles. The molecule has 2 aromatic carbocycles. The van der Waals surface area contributed by atoms with E-state index < -0.39 is 6.10 Å².